The van der Waals surface area contributed by atoms with Gasteiger partial charge in [0.25, 0.3) is 0 Å². The minimum atomic E-state index is -4.21. The topological polar surface area (TPSA) is 77.0 Å². The summed E-state index contributed by atoms with van der Waals surface area (Å²) in [5.74, 6) is 0. The molecule has 2 rings (SSSR count). The molecule has 5 nitrogen and oxygen atoms in total. The Kier molecular flexibility index (Phi) is 8.07. The largest absolute Gasteiger partial charge is 0.255 e. The average molecular weight is 427 g/mol. The van der Waals surface area contributed by atoms with Gasteiger partial charge in [-0.1, -0.05) is 12.1 Å². The molecule has 0 saturated heterocycles. The number of rotatable bonds is 1. The maximum Gasteiger partial charge on any atom is 0.0886 e. The predicted molar refractivity (Wildman–Crippen MR) is 56.8 cm³/mol. The monoisotopic (exact) mass is 427 g/mol. The Morgan fingerprint density at radius 3 is 1.35 bits per heavy atom. The zero-order chi connectivity index (χ0) is 11.8. The molecule has 17 heavy (non-hydrogen) atoms. The number of halogens is 1. The summed E-state index contributed by atoms with van der Waals surface area (Å²) in [6, 6.07) is 11.6. The summed E-state index contributed by atoms with van der Waals surface area (Å²) >= 11 is -4.21. The summed E-state index contributed by atoms with van der Waals surface area (Å²) in [7, 11) is 0. The van der Waals surface area contributed by atoms with Crippen LogP contribution in [0.3, 0.4) is 0 Å². The van der Waals surface area contributed by atoms with Crippen LogP contribution in [0.2, 0.25) is 0 Å². The van der Waals surface area contributed by atoms with E-state index in [2.05, 4.69) is 9.97 Å². The van der Waals surface area contributed by atoms with Gasteiger partial charge in [0.2, 0.25) is 0 Å². The molecule has 0 spiro atoms. The van der Waals surface area contributed by atoms with E-state index in [4.69, 9.17) is 10.4 Å². The molecule has 0 unspecified atom stereocenters. The van der Waals surface area contributed by atoms with Gasteiger partial charge in [0.1, 0.15) is 0 Å². The molecule has 0 fully saturated rings. The summed E-state index contributed by atoms with van der Waals surface area (Å²) in [6.07, 6.45) is 3.54. The van der Waals surface area contributed by atoms with Crippen LogP contribution in [0.15, 0.2) is 48.8 Å². The maximum atomic E-state index is 8.60. The molecular weight excluding hydrogens is 418 g/mol. The van der Waals surface area contributed by atoms with Crippen LogP contribution in [0.5, 0.6) is 0 Å². The number of hydrogen-bond donors (Lipinski definition) is 0. The molecule has 0 amide bonds. The third-order valence-electron chi connectivity index (χ3n) is 1.59. The molecule has 0 N–H and O–H groups in total. The van der Waals surface area contributed by atoms with Gasteiger partial charge in [-0.25, -0.2) is 0 Å². The Balaban J connectivity index is 0.000000453. The van der Waals surface area contributed by atoms with Gasteiger partial charge >= 0.3 is 27.0 Å². The van der Waals surface area contributed by atoms with E-state index in [0.29, 0.717) is 0 Å². The average Bonchev–Trinajstić information content (AvgIpc) is 2.31. The molecule has 0 saturated carbocycles. The Labute approximate surface area is 109 Å². The summed E-state index contributed by atoms with van der Waals surface area (Å²) in [6.45, 7) is 0. The molecule has 2 aromatic rings. The summed E-state index contributed by atoms with van der Waals surface area (Å²) in [4.78, 5) is 8.37. The van der Waals surface area contributed by atoms with Crippen LogP contribution in [0.4, 0.5) is 0 Å². The van der Waals surface area contributed by atoms with Crippen LogP contribution in [0.1, 0.15) is 0 Å². The van der Waals surface area contributed by atoms with E-state index in [1.165, 1.54) is 0 Å². The summed E-state index contributed by atoms with van der Waals surface area (Å²) < 4.78 is 25.8. The van der Waals surface area contributed by atoms with Crippen molar-refractivity contribution in [2.24, 2.45) is 0 Å². The van der Waals surface area contributed by atoms with Crippen molar-refractivity contribution < 1.29 is 27.0 Å². The van der Waals surface area contributed by atoms with E-state index in [9.17, 15) is 0 Å². The van der Waals surface area contributed by atoms with Crippen LogP contribution in [0.25, 0.3) is 11.4 Å². The van der Waals surface area contributed by atoms with E-state index < -0.39 is 16.6 Å². The second kappa shape index (κ2) is 8.76. The van der Waals surface area contributed by atoms with Crippen LogP contribution < -0.4 is 0 Å². The van der Waals surface area contributed by atoms with E-state index in [-0.39, 0.29) is 12.4 Å². The minimum Gasteiger partial charge on any atom is -0.255 e. The summed E-state index contributed by atoms with van der Waals surface area (Å²) in [5.41, 5.74) is 1.83. The quantitative estimate of drug-likeness (QED) is 0.698. The predicted octanol–water partition coefficient (Wildman–Crippen LogP) is 2.21. The van der Waals surface area contributed by atoms with Crippen molar-refractivity contribution in [1.82, 2.24) is 9.97 Å². The molecule has 2 heterocycles. The smallest absolute Gasteiger partial charge is 0.0886 e. The van der Waals surface area contributed by atoms with Gasteiger partial charge in [-0.15, -0.1) is 12.4 Å². The third kappa shape index (κ3) is 6.74. The first-order valence-electron chi connectivity index (χ1n) is 4.25. The standard InChI is InChI=1S/C10H8N2.ClH.3O.Re/c1-3-7-11-9(5-1)10-6-2-4-8-12-10;;;;;/h1-8H;1H;;;;. The van der Waals surface area contributed by atoms with Gasteiger partial charge in [0.05, 0.1) is 11.4 Å². The van der Waals surface area contributed by atoms with Crippen molar-refractivity contribution in [3.63, 3.8) is 0 Å². The minimum absolute atomic E-state index is 0. The van der Waals surface area contributed by atoms with Crippen LogP contribution in [-0.2, 0) is 27.0 Å². The zero-order valence-electron chi connectivity index (χ0n) is 8.52. The molecule has 0 radical (unpaired) electrons. The molecule has 0 aliphatic carbocycles. The Morgan fingerprint density at radius 2 is 1.12 bits per heavy atom. The van der Waals surface area contributed by atoms with Crippen molar-refractivity contribution in [2.45, 2.75) is 0 Å². The normalized spacial score (nSPS) is 8.24. The fraction of sp³-hybridized carbons (Fsp3) is 0. The Hall–Kier alpha value is -1.35. The first-order chi connectivity index (χ1) is 7.70. The first-order valence-corrected chi connectivity index (χ1v) is 7.58. The van der Waals surface area contributed by atoms with Gasteiger partial charge in [-0.3, -0.25) is 9.97 Å². The van der Waals surface area contributed by atoms with E-state index in [1.807, 2.05) is 36.4 Å². The second-order valence-corrected chi connectivity index (χ2v) is 3.98. The summed E-state index contributed by atoms with van der Waals surface area (Å²) in [5, 5.41) is 0. The fourth-order valence-electron chi connectivity index (χ4n) is 1.03. The zero-order valence-corrected chi connectivity index (χ0v) is 12.1. The molecule has 7 heteroatoms. The molecule has 0 bridgehead atoms. The number of aromatic nitrogens is 2. The molecule has 0 aliphatic rings. The van der Waals surface area contributed by atoms with E-state index in [1.54, 1.807) is 12.4 Å². The second-order valence-electron chi connectivity index (χ2n) is 2.62. The van der Waals surface area contributed by atoms with Crippen molar-refractivity contribution in [3.05, 3.63) is 48.8 Å². The van der Waals surface area contributed by atoms with Crippen LogP contribution in [0, 0.1) is 0 Å². The van der Waals surface area contributed by atoms with Gasteiger partial charge in [0.15, 0.2) is 0 Å². The Bertz CT molecular complexity index is 487. The maximum absolute atomic E-state index is 8.60. The Morgan fingerprint density at radius 1 is 0.765 bits per heavy atom. The van der Waals surface area contributed by atoms with Crippen molar-refractivity contribution in [1.29, 1.82) is 0 Å². The third-order valence-corrected chi connectivity index (χ3v) is 1.59. The SMILES string of the molecule is Cl.[O]=[Re](=[O])=[O].c1ccc(-c2ccccn2)nc1. The fourth-order valence-corrected chi connectivity index (χ4v) is 1.03. The molecule has 0 atom stereocenters. The van der Waals surface area contributed by atoms with Crippen molar-refractivity contribution in [2.75, 3.05) is 0 Å². The number of pyridine rings is 2. The van der Waals surface area contributed by atoms with Gasteiger partial charge in [-0.2, -0.15) is 0 Å². The number of hydrogen-bond acceptors (Lipinski definition) is 5. The van der Waals surface area contributed by atoms with Crippen molar-refractivity contribution >= 4 is 12.4 Å². The molecular formula is C10H9ClN2O3Re. The van der Waals surface area contributed by atoms with E-state index in [0.717, 1.165) is 11.4 Å². The molecule has 0 aromatic carbocycles. The van der Waals surface area contributed by atoms with Crippen LogP contribution in [-0.4, -0.2) is 9.97 Å². The van der Waals surface area contributed by atoms with Crippen LogP contribution >= 0.6 is 12.4 Å². The van der Waals surface area contributed by atoms with Gasteiger partial charge in [0, 0.05) is 12.4 Å². The number of nitrogens with zero attached hydrogens (tertiary/aromatic N) is 2. The molecule has 91 valence electrons. The first kappa shape index (κ1) is 15.7. The molecule has 0 aliphatic heterocycles. The van der Waals surface area contributed by atoms with Crippen molar-refractivity contribution in [3.8, 4) is 11.4 Å². The van der Waals surface area contributed by atoms with E-state index >= 15 is 0 Å². The molecule has 2 aromatic heterocycles. The van der Waals surface area contributed by atoms with Gasteiger partial charge in [-0.05, 0) is 24.3 Å². The van der Waals surface area contributed by atoms with Gasteiger partial charge < -0.3 is 0 Å².